The molecule has 0 spiro atoms. The van der Waals surface area contributed by atoms with E-state index in [0.29, 0.717) is 13.2 Å². The van der Waals surface area contributed by atoms with Crippen LogP contribution in [0.5, 0.6) is 0 Å². The van der Waals surface area contributed by atoms with Gasteiger partial charge in [0, 0.05) is 19.6 Å². The molecular formula is C11H25NO3. The average Bonchev–Trinajstić information content (AvgIpc) is 2.17. The van der Waals surface area contributed by atoms with E-state index in [4.69, 9.17) is 14.6 Å². The summed E-state index contributed by atoms with van der Waals surface area (Å²) < 4.78 is 10.8. The molecule has 0 rings (SSSR count). The molecule has 1 unspecified atom stereocenters. The number of nitrogens with one attached hydrogen (secondary N) is 1. The summed E-state index contributed by atoms with van der Waals surface area (Å²) in [6, 6.07) is 0. The first-order chi connectivity index (χ1) is 7.20. The van der Waals surface area contributed by atoms with E-state index in [1.165, 1.54) is 0 Å². The van der Waals surface area contributed by atoms with Crippen molar-refractivity contribution in [3.05, 3.63) is 0 Å². The maximum atomic E-state index is 9.04. The summed E-state index contributed by atoms with van der Waals surface area (Å²) in [5, 5.41) is 12.3. The Morgan fingerprint density at radius 1 is 1.07 bits per heavy atom. The Labute approximate surface area is 93.0 Å². The number of aliphatic hydroxyl groups is 1. The minimum Gasteiger partial charge on any atom is -0.393 e. The van der Waals surface area contributed by atoms with E-state index >= 15 is 0 Å². The normalized spacial score (nSPS) is 13.4. The lowest BCUT2D eigenvalue weighted by Gasteiger charge is -2.17. The van der Waals surface area contributed by atoms with Crippen LogP contribution in [0.4, 0.5) is 0 Å². The molecule has 0 aliphatic rings. The summed E-state index contributed by atoms with van der Waals surface area (Å²) in [6.45, 7) is 8.78. The van der Waals surface area contributed by atoms with E-state index in [0.717, 1.165) is 25.9 Å². The van der Waals surface area contributed by atoms with Crippen molar-refractivity contribution >= 4 is 0 Å². The van der Waals surface area contributed by atoms with Gasteiger partial charge in [-0.25, -0.2) is 0 Å². The van der Waals surface area contributed by atoms with E-state index in [9.17, 15) is 0 Å². The van der Waals surface area contributed by atoms with Gasteiger partial charge in [-0.15, -0.1) is 0 Å². The zero-order valence-electron chi connectivity index (χ0n) is 10.2. The van der Waals surface area contributed by atoms with E-state index in [2.05, 4.69) is 5.32 Å². The Bertz CT molecular complexity index is 125. The van der Waals surface area contributed by atoms with Crippen molar-refractivity contribution in [2.75, 3.05) is 26.3 Å². The molecule has 0 aliphatic carbocycles. The topological polar surface area (TPSA) is 50.7 Å². The van der Waals surface area contributed by atoms with Crippen molar-refractivity contribution in [3.8, 4) is 0 Å². The van der Waals surface area contributed by atoms with Gasteiger partial charge in [0.05, 0.1) is 6.10 Å². The van der Waals surface area contributed by atoms with Crippen LogP contribution in [0.3, 0.4) is 0 Å². The highest BCUT2D eigenvalue weighted by Crippen LogP contribution is 1.99. The summed E-state index contributed by atoms with van der Waals surface area (Å²) in [5.74, 6) is 0. The zero-order valence-corrected chi connectivity index (χ0v) is 10.2. The first kappa shape index (κ1) is 14.8. The largest absolute Gasteiger partial charge is 0.393 e. The van der Waals surface area contributed by atoms with Crippen LogP contribution in [-0.2, 0) is 9.47 Å². The molecule has 0 saturated carbocycles. The molecular weight excluding hydrogens is 194 g/mol. The Hall–Kier alpha value is -0.160. The summed E-state index contributed by atoms with van der Waals surface area (Å²) in [6.07, 6.45) is 1.31. The van der Waals surface area contributed by atoms with Gasteiger partial charge in [0.2, 0.25) is 0 Å². The maximum absolute atomic E-state index is 9.04. The lowest BCUT2D eigenvalue weighted by atomic mass is 10.3. The van der Waals surface area contributed by atoms with Crippen LogP contribution < -0.4 is 5.32 Å². The van der Waals surface area contributed by atoms with Gasteiger partial charge < -0.3 is 19.9 Å². The predicted octanol–water partition coefficient (Wildman–Crippen LogP) is 1.14. The quantitative estimate of drug-likeness (QED) is 0.427. The molecule has 0 aromatic heterocycles. The third kappa shape index (κ3) is 10.1. The molecule has 0 aromatic carbocycles. The van der Waals surface area contributed by atoms with Gasteiger partial charge in [-0.1, -0.05) is 0 Å². The monoisotopic (exact) mass is 219 g/mol. The molecule has 0 saturated heterocycles. The van der Waals surface area contributed by atoms with Gasteiger partial charge in [0.25, 0.3) is 0 Å². The zero-order chi connectivity index (χ0) is 11.5. The number of ether oxygens (including phenoxy) is 2. The standard InChI is InChI=1S/C11H25NO3/c1-4-14-11(15-5-2)7-9-12-8-6-10(3)13/h10-13H,4-9H2,1-3H3. The van der Waals surface area contributed by atoms with Crippen LogP contribution in [0.2, 0.25) is 0 Å². The molecule has 0 bridgehead atoms. The van der Waals surface area contributed by atoms with Gasteiger partial charge in [-0.3, -0.25) is 0 Å². The maximum Gasteiger partial charge on any atom is 0.158 e. The number of hydrogen-bond acceptors (Lipinski definition) is 4. The van der Waals surface area contributed by atoms with Crippen LogP contribution in [0.1, 0.15) is 33.6 Å². The molecule has 15 heavy (non-hydrogen) atoms. The molecule has 0 fully saturated rings. The van der Waals surface area contributed by atoms with Crippen LogP contribution in [0, 0.1) is 0 Å². The molecule has 0 aromatic rings. The minimum absolute atomic E-state index is 0.0981. The molecule has 2 N–H and O–H groups in total. The van der Waals surface area contributed by atoms with Gasteiger partial charge in [-0.05, 0) is 40.3 Å². The number of rotatable bonds is 10. The Balaban J connectivity index is 3.36. The van der Waals surface area contributed by atoms with Crippen molar-refractivity contribution in [2.24, 2.45) is 0 Å². The Morgan fingerprint density at radius 3 is 2.07 bits per heavy atom. The van der Waals surface area contributed by atoms with E-state index in [1.807, 2.05) is 13.8 Å². The fourth-order valence-corrected chi connectivity index (χ4v) is 1.24. The average molecular weight is 219 g/mol. The summed E-state index contributed by atoms with van der Waals surface area (Å²) >= 11 is 0. The summed E-state index contributed by atoms with van der Waals surface area (Å²) in [4.78, 5) is 0. The predicted molar refractivity (Wildman–Crippen MR) is 60.8 cm³/mol. The van der Waals surface area contributed by atoms with Crippen molar-refractivity contribution < 1.29 is 14.6 Å². The van der Waals surface area contributed by atoms with E-state index in [1.54, 1.807) is 6.92 Å². The Morgan fingerprint density at radius 2 is 1.60 bits per heavy atom. The second-order valence-electron chi connectivity index (χ2n) is 3.52. The van der Waals surface area contributed by atoms with Crippen LogP contribution in [-0.4, -0.2) is 43.8 Å². The summed E-state index contributed by atoms with van der Waals surface area (Å²) in [5.41, 5.74) is 0. The summed E-state index contributed by atoms with van der Waals surface area (Å²) in [7, 11) is 0. The molecule has 0 radical (unpaired) electrons. The smallest absolute Gasteiger partial charge is 0.158 e. The molecule has 0 amide bonds. The molecule has 1 atom stereocenters. The second kappa shape index (κ2) is 10.4. The van der Waals surface area contributed by atoms with E-state index < -0.39 is 0 Å². The first-order valence-corrected chi connectivity index (χ1v) is 5.82. The Kier molecular flexibility index (Phi) is 10.3. The highest BCUT2D eigenvalue weighted by molar-refractivity contribution is 4.54. The van der Waals surface area contributed by atoms with Crippen LogP contribution in [0.15, 0.2) is 0 Å². The van der Waals surface area contributed by atoms with Gasteiger partial charge >= 0.3 is 0 Å². The second-order valence-corrected chi connectivity index (χ2v) is 3.52. The molecule has 0 heterocycles. The molecule has 4 heteroatoms. The fourth-order valence-electron chi connectivity index (χ4n) is 1.24. The molecule has 4 nitrogen and oxygen atoms in total. The van der Waals surface area contributed by atoms with Crippen molar-refractivity contribution in [1.29, 1.82) is 0 Å². The van der Waals surface area contributed by atoms with Crippen molar-refractivity contribution in [2.45, 2.75) is 46.0 Å². The first-order valence-electron chi connectivity index (χ1n) is 5.82. The highest BCUT2D eigenvalue weighted by atomic mass is 16.7. The van der Waals surface area contributed by atoms with Crippen LogP contribution in [0.25, 0.3) is 0 Å². The van der Waals surface area contributed by atoms with Gasteiger partial charge in [-0.2, -0.15) is 0 Å². The van der Waals surface area contributed by atoms with Gasteiger partial charge in [0.15, 0.2) is 6.29 Å². The fraction of sp³-hybridized carbons (Fsp3) is 1.00. The SMILES string of the molecule is CCOC(CCNCCC(C)O)OCC. The van der Waals surface area contributed by atoms with E-state index in [-0.39, 0.29) is 12.4 Å². The third-order valence-corrected chi connectivity index (χ3v) is 2.00. The molecule has 92 valence electrons. The van der Waals surface area contributed by atoms with Crippen molar-refractivity contribution in [3.63, 3.8) is 0 Å². The van der Waals surface area contributed by atoms with Gasteiger partial charge in [0.1, 0.15) is 0 Å². The minimum atomic E-state index is -0.230. The highest BCUT2D eigenvalue weighted by Gasteiger charge is 2.06. The number of hydrogen-bond donors (Lipinski definition) is 2. The third-order valence-electron chi connectivity index (χ3n) is 2.00. The number of aliphatic hydroxyl groups excluding tert-OH is 1. The van der Waals surface area contributed by atoms with Crippen LogP contribution >= 0.6 is 0 Å². The molecule has 0 aliphatic heterocycles. The lowest BCUT2D eigenvalue weighted by Crippen LogP contribution is -2.26. The van der Waals surface area contributed by atoms with Crippen molar-refractivity contribution in [1.82, 2.24) is 5.32 Å². The lowest BCUT2D eigenvalue weighted by molar-refractivity contribution is -0.138.